The van der Waals surface area contributed by atoms with Gasteiger partial charge in [-0.1, -0.05) is 32.0 Å². The Morgan fingerprint density at radius 2 is 2.00 bits per heavy atom. The fourth-order valence-electron chi connectivity index (χ4n) is 2.13. The number of aliphatic hydroxyl groups is 1. The molecule has 0 aliphatic heterocycles. The Morgan fingerprint density at radius 1 is 1.27 bits per heavy atom. The van der Waals surface area contributed by atoms with Crippen LogP contribution < -0.4 is 0 Å². The molecule has 0 bridgehead atoms. The van der Waals surface area contributed by atoms with Crippen LogP contribution in [0.4, 0.5) is 0 Å². The lowest BCUT2D eigenvalue weighted by atomic mass is 9.95. The van der Waals surface area contributed by atoms with Crippen molar-refractivity contribution >= 4 is 0 Å². The highest BCUT2D eigenvalue weighted by molar-refractivity contribution is 5.34. The van der Waals surface area contributed by atoms with Crippen molar-refractivity contribution in [3.63, 3.8) is 0 Å². The maximum absolute atomic E-state index is 10.2. The Bertz CT molecular complexity index is 339. The third-order valence-corrected chi connectivity index (χ3v) is 3.39. The zero-order valence-electron chi connectivity index (χ0n) is 9.66. The van der Waals surface area contributed by atoms with Crippen LogP contribution in [0, 0.1) is 5.92 Å². The van der Waals surface area contributed by atoms with Gasteiger partial charge in [-0.15, -0.1) is 0 Å². The molecule has 1 aliphatic carbocycles. The van der Waals surface area contributed by atoms with Crippen LogP contribution in [0.3, 0.4) is 0 Å². The highest BCUT2D eigenvalue weighted by atomic mass is 16.3. The quantitative estimate of drug-likeness (QED) is 0.798. The Kier molecular flexibility index (Phi) is 3.11. The topological polar surface area (TPSA) is 20.2 Å². The first-order chi connectivity index (χ1) is 7.26. The summed E-state index contributed by atoms with van der Waals surface area (Å²) in [6.07, 6.45) is 4.24. The van der Waals surface area contributed by atoms with Crippen LogP contribution in [0.15, 0.2) is 18.2 Å². The molecule has 0 saturated heterocycles. The molecule has 0 radical (unpaired) electrons. The molecule has 15 heavy (non-hydrogen) atoms. The number of aliphatic hydroxyl groups excluding tert-OH is 1. The first-order valence-corrected chi connectivity index (χ1v) is 6.06. The fraction of sp³-hybridized carbons (Fsp3) is 0.571. The summed E-state index contributed by atoms with van der Waals surface area (Å²) in [5, 5.41) is 10.2. The van der Waals surface area contributed by atoms with Gasteiger partial charge in [0.25, 0.3) is 0 Å². The summed E-state index contributed by atoms with van der Waals surface area (Å²) in [7, 11) is 0. The molecular formula is C14H20O. The number of benzene rings is 1. The lowest BCUT2D eigenvalue weighted by molar-refractivity contribution is 0.153. The van der Waals surface area contributed by atoms with Gasteiger partial charge in [-0.3, -0.25) is 0 Å². The molecule has 1 saturated carbocycles. The van der Waals surface area contributed by atoms with Crippen LogP contribution in [0.25, 0.3) is 0 Å². The zero-order chi connectivity index (χ0) is 10.8. The summed E-state index contributed by atoms with van der Waals surface area (Å²) >= 11 is 0. The molecule has 1 aromatic carbocycles. The van der Waals surface area contributed by atoms with E-state index in [1.807, 2.05) is 0 Å². The van der Waals surface area contributed by atoms with E-state index in [-0.39, 0.29) is 6.10 Å². The van der Waals surface area contributed by atoms with Gasteiger partial charge in [0.15, 0.2) is 0 Å². The Morgan fingerprint density at radius 3 is 2.53 bits per heavy atom. The summed E-state index contributed by atoms with van der Waals surface area (Å²) in [6.45, 7) is 4.32. The third-order valence-electron chi connectivity index (χ3n) is 3.39. The van der Waals surface area contributed by atoms with Crippen LogP contribution >= 0.6 is 0 Å². The van der Waals surface area contributed by atoms with Crippen LogP contribution in [0.1, 0.15) is 49.5 Å². The molecule has 1 aromatic rings. The van der Waals surface area contributed by atoms with E-state index in [9.17, 15) is 5.11 Å². The average molecular weight is 204 g/mol. The molecule has 0 heterocycles. The molecule has 1 N–H and O–H groups in total. The van der Waals surface area contributed by atoms with E-state index >= 15 is 0 Å². The van der Waals surface area contributed by atoms with Gasteiger partial charge < -0.3 is 5.11 Å². The predicted molar refractivity (Wildman–Crippen MR) is 62.9 cm³/mol. The normalized spacial score (nSPS) is 17.8. The SMILES string of the molecule is CCc1ccc(CC)c(C(O)C2CC2)c1. The summed E-state index contributed by atoms with van der Waals surface area (Å²) in [6, 6.07) is 6.56. The molecule has 82 valence electrons. The maximum Gasteiger partial charge on any atom is 0.0820 e. The number of rotatable bonds is 4. The average Bonchev–Trinajstić information content (AvgIpc) is 3.11. The molecule has 0 spiro atoms. The molecule has 2 rings (SSSR count). The van der Waals surface area contributed by atoms with Gasteiger partial charge in [-0.2, -0.15) is 0 Å². The minimum atomic E-state index is -0.216. The highest BCUT2D eigenvalue weighted by Crippen LogP contribution is 2.42. The summed E-state index contributed by atoms with van der Waals surface area (Å²) < 4.78 is 0. The summed E-state index contributed by atoms with van der Waals surface area (Å²) in [5.41, 5.74) is 3.83. The van der Waals surface area contributed by atoms with Crippen LogP contribution in [-0.4, -0.2) is 5.11 Å². The van der Waals surface area contributed by atoms with Gasteiger partial charge in [0.2, 0.25) is 0 Å². The van der Waals surface area contributed by atoms with Crippen LogP contribution in [0.5, 0.6) is 0 Å². The van der Waals surface area contributed by atoms with Gasteiger partial charge >= 0.3 is 0 Å². The van der Waals surface area contributed by atoms with Gasteiger partial charge in [-0.05, 0) is 48.3 Å². The van der Waals surface area contributed by atoms with E-state index in [2.05, 4.69) is 32.0 Å². The van der Waals surface area contributed by atoms with Gasteiger partial charge in [0.1, 0.15) is 0 Å². The second kappa shape index (κ2) is 4.36. The van der Waals surface area contributed by atoms with Crippen LogP contribution in [-0.2, 0) is 12.8 Å². The van der Waals surface area contributed by atoms with E-state index in [0.717, 1.165) is 12.8 Å². The Hall–Kier alpha value is -0.820. The molecular weight excluding hydrogens is 184 g/mol. The molecule has 1 aliphatic rings. The predicted octanol–water partition coefficient (Wildman–Crippen LogP) is 3.25. The van der Waals surface area contributed by atoms with Crippen molar-refractivity contribution in [2.75, 3.05) is 0 Å². The third kappa shape index (κ3) is 2.23. The highest BCUT2D eigenvalue weighted by Gasteiger charge is 2.31. The van der Waals surface area contributed by atoms with E-state index < -0.39 is 0 Å². The maximum atomic E-state index is 10.2. The largest absolute Gasteiger partial charge is 0.388 e. The molecule has 1 atom stereocenters. The molecule has 0 amide bonds. The monoisotopic (exact) mass is 204 g/mol. The summed E-state index contributed by atoms with van der Waals surface area (Å²) in [5.74, 6) is 0.530. The van der Waals surface area contributed by atoms with E-state index in [1.165, 1.54) is 29.5 Å². The van der Waals surface area contributed by atoms with Crippen molar-refractivity contribution < 1.29 is 5.11 Å². The molecule has 1 fully saturated rings. The van der Waals surface area contributed by atoms with Gasteiger partial charge in [0, 0.05) is 0 Å². The minimum absolute atomic E-state index is 0.216. The molecule has 1 unspecified atom stereocenters. The Labute approximate surface area is 92.1 Å². The van der Waals surface area contributed by atoms with Crippen molar-refractivity contribution in [2.24, 2.45) is 5.92 Å². The smallest absolute Gasteiger partial charge is 0.0820 e. The van der Waals surface area contributed by atoms with Gasteiger partial charge in [-0.25, -0.2) is 0 Å². The van der Waals surface area contributed by atoms with Crippen molar-refractivity contribution in [3.8, 4) is 0 Å². The van der Waals surface area contributed by atoms with Crippen molar-refractivity contribution in [3.05, 3.63) is 34.9 Å². The molecule has 1 heteroatoms. The van der Waals surface area contributed by atoms with Crippen molar-refractivity contribution in [1.82, 2.24) is 0 Å². The van der Waals surface area contributed by atoms with E-state index in [4.69, 9.17) is 0 Å². The van der Waals surface area contributed by atoms with Crippen molar-refractivity contribution in [2.45, 2.75) is 45.6 Å². The fourth-order valence-corrected chi connectivity index (χ4v) is 2.13. The van der Waals surface area contributed by atoms with E-state index in [1.54, 1.807) is 0 Å². The number of aryl methyl sites for hydroxylation is 2. The van der Waals surface area contributed by atoms with E-state index in [0.29, 0.717) is 5.92 Å². The lowest BCUT2D eigenvalue weighted by Gasteiger charge is -2.15. The standard InChI is InChI=1S/C14H20O/c1-3-10-5-6-11(4-2)13(9-10)14(15)12-7-8-12/h5-6,9,12,14-15H,3-4,7-8H2,1-2H3. The second-order valence-electron chi connectivity index (χ2n) is 4.52. The number of hydrogen-bond acceptors (Lipinski definition) is 1. The minimum Gasteiger partial charge on any atom is -0.388 e. The molecule has 0 aromatic heterocycles. The first kappa shape index (κ1) is 10.7. The second-order valence-corrected chi connectivity index (χ2v) is 4.52. The first-order valence-electron chi connectivity index (χ1n) is 6.06. The van der Waals surface area contributed by atoms with Crippen LogP contribution in [0.2, 0.25) is 0 Å². The Balaban J connectivity index is 2.31. The lowest BCUT2D eigenvalue weighted by Crippen LogP contribution is -2.04. The van der Waals surface area contributed by atoms with Gasteiger partial charge in [0.05, 0.1) is 6.10 Å². The number of hydrogen-bond donors (Lipinski definition) is 1. The van der Waals surface area contributed by atoms with Crippen molar-refractivity contribution in [1.29, 1.82) is 0 Å². The zero-order valence-corrected chi connectivity index (χ0v) is 9.66. The summed E-state index contributed by atoms with van der Waals surface area (Å²) in [4.78, 5) is 0. The molecule has 1 nitrogen and oxygen atoms in total.